The van der Waals surface area contributed by atoms with Crippen LogP contribution in [-0.4, -0.2) is 23.7 Å². The molecular weight excluding hydrogens is 334 g/mol. The highest BCUT2D eigenvalue weighted by Gasteiger charge is 2.27. The third-order valence-corrected chi connectivity index (χ3v) is 6.00. The van der Waals surface area contributed by atoms with Crippen LogP contribution in [0, 0.1) is 0 Å². The van der Waals surface area contributed by atoms with Gasteiger partial charge >= 0.3 is 0 Å². The first-order valence-electron chi connectivity index (χ1n) is 7.57. The normalized spacial score (nSPS) is 24.7. The second-order valence-corrected chi connectivity index (χ2v) is 8.00. The lowest BCUT2D eigenvalue weighted by molar-refractivity contribution is 0.351. The summed E-state index contributed by atoms with van der Waals surface area (Å²) in [5.41, 5.74) is 2.65. The summed E-state index contributed by atoms with van der Waals surface area (Å²) in [5, 5.41) is 4.56. The largest absolute Gasteiger partial charge is 0.493 e. The van der Waals surface area contributed by atoms with E-state index >= 15 is 0 Å². The molecule has 110 valence electrons. The van der Waals surface area contributed by atoms with E-state index in [2.05, 4.69) is 52.1 Å². The van der Waals surface area contributed by atoms with Crippen molar-refractivity contribution in [2.24, 2.45) is 0 Å². The molecule has 4 heteroatoms. The maximum atomic E-state index is 5.81. The highest BCUT2D eigenvalue weighted by molar-refractivity contribution is 9.10. The third kappa shape index (κ3) is 3.18. The summed E-state index contributed by atoms with van der Waals surface area (Å²) in [7, 11) is 0. The fourth-order valence-electron chi connectivity index (χ4n) is 3.29. The fraction of sp³-hybridized carbons (Fsp3) is 0.625. The van der Waals surface area contributed by atoms with Crippen molar-refractivity contribution in [2.75, 3.05) is 12.4 Å². The van der Waals surface area contributed by atoms with Gasteiger partial charge in [-0.15, -0.1) is 0 Å². The summed E-state index contributed by atoms with van der Waals surface area (Å²) in [6, 6.07) is 5.06. The van der Waals surface area contributed by atoms with E-state index in [1.807, 2.05) is 0 Å². The van der Waals surface area contributed by atoms with E-state index in [-0.39, 0.29) is 0 Å². The summed E-state index contributed by atoms with van der Waals surface area (Å²) in [6.07, 6.45) is 5.08. The molecule has 1 N–H and O–H groups in total. The Labute approximate surface area is 134 Å². The maximum absolute atomic E-state index is 5.81. The minimum absolute atomic E-state index is 0.663. The van der Waals surface area contributed by atoms with Crippen LogP contribution in [0.3, 0.4) is 0 Å². The molecule has 1 aliphatic heterocycles. The Morgan fingerprint density at radius 2 is 2.30 bits per heavy atom. The Morgan fingerprint density at radius 1 is 1.40 bits per heavy atom. The van der Waals surface area contributed by atoms with Crippen LogP contribution in [0.25, 0.3) is 0 Å². The Balaban J connectivity index is 1.67. The van der Waals surface area contributed by atoms with Gasteiger partial charge in [0.15, 0.2) is 0 Å². The fourth-order valence-corrected chi connectivity index (χ4v) is 5.07. The Hall–Kier alpha value is -0.190. The molecule has 0 amide bonds. The molecule has 1 heterocycles. The number of nitrogens with one attached hydrogen (secondary N) is 1. The van der Waals surface area contributed by atoms with E-state index in [0.717, 1.165) is 30.6 Å². The Kier molecular flexibility index (Phi) is 4.95. The number of halogens is 1. The number of ether oxygens (including phenoxy) is 1. The van der Waals surface area contributed by atoms with E-state index in [4.69, 9.17) is 4.74 Å². The van der Waals surface area contributed by atoms with Gasteiger partial charge in [-0.1, -0.05) is 29.3 Å². The molecule has 0 radical (unpaired) electrons. The van der Waals surface area contributed by atoms with Gasteiger partial charge in [0.1, 0.15) is 5.75 Å². The van der Waals surface area contributed by atoms with E-state index < -0.39 is 0 Å². The van der Waals surface area contributed by atoms with Crippen LogP contribution in [0.2, 0.25) is 0 Å². The highest BCUT2D eigenvalue weighted by atomic mass is 79.9. The molecule has 0 aromatic heterocycles. The van der Waals surface area contributed by atoms with Crippen LogP contribution in [0.4, 0.5) is 0 Å². The molecule has 2 unspecified atom stereocenters. The van der Waals surface area contributed by atoms with E-state index in [1.54, 1.807) is 0 Å². The van der Waals surface area contributed by atoms with Gasteiger partial charge in [-0.3, -0.25) is 0 Å². The Bertz CT molecular complexity index is 480. The minimum atomic E-state index is 0.663. The van der Waals surface area contributed by atoms with E-state index in [0.29, 0.717) is 6.04 Å². The van der Waals surface area contributed by atoms with Gasteiger partial charge in [-0.25, -0.2) is 0 Å². The van der Waals surface area contributed by atoms with Gasteiger partial charge < -0.3 is 10.1 Å². The molecule has 0 bridgehead atoms. The summed E-state index contributed by atoms with van der Waals surface area (Å²) >= 11 is 5.73. The number of benzene rings is 1. The lowest BCUT2D eigenvalue weighted by atomic mass is 10.1. The molecule has 3 rings (SSSR count). The second kappa shape index (κ2) is 6.71. The van der Waals surface area contributed by atoms with Gasteiger partial charge in [0, 0.05) is 34.3 Å². The number of rotatable bonds is 5. The van der Waals surface area contributed by atoms with Crippen molar-refractivity contribution >= 4 is 27.7 Å². The predicted molar refractivity (Wildman–Crippen MR) is 89.7 cm³/mol. The molecule has 2 nitrogen and oxygen atoms in total. The molecule has 1 aliphatic carbocycles. The highest BCUT2D eigenvalue weighted by Crippen LogP contribution is 2.34. The van der Waals surface area contributed by atoms with Crippen molar-refractivity contribution in [1.29, 1.82) is 0 Å². The summed E-state index contributed by atoms with van der Waals surface area (Å²) < 4.78 is 6.98. The molecule has 1 saturated carbocycles. The zero-order valence-corrected chi connectivity index (χ0v) is 14.4. The van der Waals surface area contributed by atoms with E-state index in [1.165, 1.54) is 40.6 Å². The van der Waals surface area contributed by atoms with Crippen LogP contribution in [0.1, 0.15) is 37.3 Å². The first kappa shape index (κ1) is 14.7. The molecule has 0 saturated heterocycles. The SMILES string of the molecule is CCSC1CCCC1NCc1cc(Br)cc2c1OCC2. The average Bonchev–Trinajstić information content (AvgIpc) is 3.05. The van der Waals surface area contributed by atoms with Gasteiger partial charge in [0.2, 0.25) is 0 Å². The van der Waals surface area contributed by atoms with Crippen molar-refractivity contribution < 1.29 is 4.74 Å². The topological polar surface area (TPSA) is 21.3 Å². The van der Waals surface area contributed by atoms with Gasteiger partial charge in [-0.05, 0) is 36.3 Å². The molecule has 20 heavy (non-hydrogen) atoms. The van der Waals surface area contributed by atoms with Gasteiger partial charge in [0.25, 0.3) is 0 Å². The van der Waals surface area contributed by atoms with Crippen molar-refractivity contribution in [3.05, 3.63) is 27.7 Å². The van der Waals surface area contributed by atoms with Crippen molar-refractivity contribution in [2.45, 2.75) is 50.4 Å². The quantitative estimate of drug-likeness (QED) is 0.857. The second-order valence-electron chi connectivity index (χ2n) is 5.56. The first-order chi connectivity index (χ1) is 9.78. The van der Waals surface area contributed by atoms with Crippen LogP contribution >= 0.6 is 27.7 Å². The van der Waals surface area contributed by atoms with Crippen LogP contribution in [-0.2, 0) is 13.0 Å². The predicted octanol–water partition coefficient (Wildman–Crippen LogP) is 4.15. The van der Waals surface area contributed by atoms with Crippen molar-refractivity contribution in [3.63, 3.8) is 0 Å². The number of fused-ring (bicyclic) bond motifs is 1. The lowest BCUT2D eigenvalue weighted by Gasteiger charge is -2.21. The van der Waals surface area contributed by atoms with Crippen molar-refractivity contribution in [3.8, 4) is 5.75 Å². The molecule has 2 atom stereocenters. The van der Waals surface area contributed by atoms with E-state index in [9.17, 15) is 0 Å². The Morgan fingerprint density at radius 3 is 3.15 bits per heavy atom. The van der Waals surface area contributed by atoms with Crippen LogP contribution < -0.4 is 10.1 Å². The van der Waals surface area contributed by atoms with Gasteiger partial charge in [0.05, 0.1) is 6.61 Å². The maximum Gasteiger partial charge on any atom is 0.127 e. The summed E-state index contributed by atoms with van der Waals surface area (Å²) in [6.45, 7) is 4.01. The smallest absolute Gasteiger partial charge is 0.127 e. The summed E-state index contributed by atoms with van der Waals surface area (Å²) in [5.74, 6) is 2.34. The lowest BCUT2D eigenvalue weighted by Crippen LogP contribution is -2.33. The molecule has 1 aromatic carbocycles. The monoisotopic (exact) mass is 355 g/mol. The average molecular weight is 356 g/mol. The number of hydrogen-bond acceptors (Lipinski definition) is 3. The molecule has 2 aliphatic rings. The molecule has 1 fully saturated rings. The summed E-state index contributed by atoms with van der Waals surface area (Å²) in [4.78, 5) is 0. The first-order valence-corrected chi connectivity index (χ1v) is 9.41. The van der Waals surface area contributed by atoms with Gasteiger partial charge in [-0.2, -0.15) is 11.8 Å². The van der Waals surface area contributed by atoms with Crippen LogP contribution in [0.15, 0.2) is 16.6 Å². The van der Waals surface area contributed by atoms with Crippen LogP contribution in [0.5, 0.6) is 5.75 Å². The molecule has 1 aromatic rings. The third-order valence-electron chi connectivity index (χ3n) is 4.21. The number of hydrogen-bond donors (Lipinski definition) is 1. The van der Waals surface area contributed by atoms with Crippen molar-refractivity contribution in [1.82, 2.24) is 5.32 Å². The molecular formula is C16H22BrNOS. The minimum Gasteiger partial charge on any atom is -0.493 e. The molecule has 0 spiro atoms. The zero-order chi connectivity index (χ0) is 13.9. The zero-order valence-electron chi connectivity index (χ0n) is 12.0. The number of thioether (sulfide) groups is 1. The standard InChI is InChI=1S/C16H22BrNOS/c1-2-20-15-5-3-4-14(15)18-10-12-9-13(17)8-11-6-7-19-16(11)12/h8-9,14-15,18H,2-7,10H2,1H3.